The lowest BCUT2D eigenvalue weighted by Crippen LogP contribution is -2.07. The summed E-state index contributed by atoms with van der Waals surface area (Å²) in [4.78, 5) is 29.9. The monoisotopic (exact) mass is 504 g/mol. The zero-order valence-corrected chi connectivity index (χ0v) is 19.6. The van der Waals surface area contributed by atoms with Gasteiger partial charge in [0.1, 0.15) is 5.82 Å². The summed E-state index contributed by atoms with van der Waals surface area (Å²) in [6.45, 7) is 0. The molecule has 0 saturated carbocycles. The van der Waals surface area contributed by atoms with Gasteiger partial charge in [0.15, 0.2) is 17.3 Å². The molecule has 4 aromatic rings. The van der Waals surface area contributed by atoms with Gasteiger partial charge in [0.2, 0.25) is 5.78 Å². The largest absolute Gasteiger partial charge is 0.493 e. The van der Waals surface area contributed by atoms with E-state index in [9.17, 15) is 9.59 Å². The minimum absolute atomic E-state index is 0.118. The number of hydrogen-bond donors (Lipinski definition) is 2. The number of ether oxygens (including phenoxy) is 2. The average molecular weight is 505 g/mol. The van der Waals surface area contributed by atoms with Crippen LogP contribution in [0.3, 0.4) is 0 Å². The normalized spacial score (nSPS) is 10.6. The van der Waals surface area contributed by atoms with Crippen LogP contribution in [-0.4, -0.2) is 30.8 Å². The number of methoxy groups -OCH3 is 2. The number of halogens is 1. The number of nitrogen functional groups attached to an aromatic ring is 1. The molecule has 0 aliphatic carbocycles. The SMILES string of the molecule is COc1ccc(-c2c(C(=O)c3ccccc3)[nH]c(N)c2C(=O)c2ccc(Br)cc2)cc1OC. The number of anilines is 1. The number of carbonyl (C=O) groups is 2. The molecule has 3 N–H and O–H groups in total. The first kappa shape index (κ1) is 22.4. The average Bonchev–Trinajstić information content (AvgIpc) is 3.20. The molecule has 0 spiro atoms. The zero-order chi connectivity index (χ0) is 23.5. The third-order valence-corrected chi connectivity index (χ3v) is 5.83. The molecule has 166 valence electrons. The molecule has 0 aliphatic heterocycles. The molecular formula is C26H21BrN2O4. The fourth-order valence-electron chi connectivity index (χ4n) is 3.69. The van der Waals surface area contributed by atoms with Crippen LogP contribution in [0.1, 0.15) is 32.0 Å². The molecular weight excluding hydrogens is 484 g/mol. The van der Waals surface area contributed by atoms with Crippen LogP contribution < -0.4 is 15.2 Å². The molecule has 33 heavy (non-hydrogen) atoms. The van der Waals surface area contributed by atoms with Crippen LogP contribution in [0.4, 0.5) is 5.82 Å². The quantitative estimate of drug-likeness (QED) is 0.323. The lowest BCUT2D eigenvalue weighted by Gasteiger charge is -2.12. The van der Waals surface area contributed by atoms with E-state index >= 15 is 0 Å². The molecule has 1 heterocycles. The predicted octanol–water partition coefficient (Wildman–Crippen LogP) is 5.51. The molecule has 0 fully saturated rings. The van der Waals surface area contributed by atoms with Gasteiger partial charge < -0.3 is 20.2 Å². The molecule has 4 rings (SSSR count). The van der Waals surface area contributed by atoms with Gasteiger partial charge in [-0.1, -0.05) is 52.3 Å². The molecule has 0 radical (unpaired) electrons. The first-order chi connectivity index (χ1) is 15.9. The Bertz CT molecular complexity index is 1330. The smallest absolute Gasteiger partial charge is 0.209 e. The van der Waals surface area contributed by atoms with Crippen LogP contribution in [0, 0.1) is 0 Å². The number of nitrogens with one attached hydrogen (secondary N) is 1. The molecule has 0 unspecified atom stereocenters. The Labute approximate surface area is 199 Å². The van der Waals surface area contributed by atoms with Crippen molar-refractivity contribution in [3.63, 3.8) is 0 Å². The summed E-state index contributed by atoms with van der Waals surface area (Å²) in [5.41, 5.74) is 8.68. The maximum atomic E-state index is 13.5. The van der Waals surface area contributed by atoms with Crippen molar-refractivity contribution in [2.75, 3.05) is 20.0 Å². The second kappa shape index (κ2) is 9.34. The number of aromatic amines is 1. The fraction of sp³-hybridized carbons (Fsp3) is 0.0769. The van der Waals surface area contributed by atoms with E-state index in [-0.39, 0.29) is 28.6 Å². The van der Waals surface area contributed by atoms with Crippen molar-refractivity contribution < 1.29 is 19.1 Å². The van der Waals surface area contributed by atoms with Crippen molar-refractivity contribution in [3.8, 4) is 22.6 Å². The summed E-state index contributed by atoms with van der Waals surface area (Å²) in [5, 5.41) is 0. The highest BCUT2D eigenvalue weighted by Crippen LogP contribution is 2.39. The summed E-state index contributed by atoms with van der Waals surface area (Å²) in [7, 11) is 3.07. The Morgan fingerprint density at radius 2 is 1.45 bits per heavy atom. The van der Waals surface area contributed by atoms with E-state index in [1.54, 1.807) is 73.8 Å². The first-order valence-electron chi connectivity index (χ1n) is 10.1. The molecule has 1 aromatic heterocycles. The fourth-order valence-corrected chi connectivity index (χ4v) is 3.95. The van der Waals surface area contributed by atoms with Crippen LogP contribution in [0.15, 0.2) is 77.3 Å². The number of hydrogen-bond acceptors (Lipinski definition) is 5. The van der Waals surface area contributed by atoms with Crippen molar-refractivity contribution in [2.45, 2.75) is 0 Å². The second-order valence-electron chi connectivity index (χ2n) is 7.26. The number of nitrogens with two attached hydrogens (primary N) is 1. The van der Waals surface area contributed by atoms with Gasteiger partial charge in [0, 0.05) is 21.2 Å². The van der Waals surface area contributed by atoms with Crippen molar-refractivity contribution in [2.24, 2.45) is 0 Å². The molecule has 0 saturated heterocycles. The Balaban J connectivity index is 1.96. The van der Waals surface area contributed by atoms with Crippen molar-refractivity contribution >= 4 is 33.3 Å². The van der Waals surface area contributed by atoms with Crippen molar-refractivity contribution in [1.29, 1.82) is 0 Å². The van der Waals surface area contributed by atoms with Gasteiger partial charge in [0.25, 0.3) is 0 Å². The number of carbonyl (C=O) groups excluding carboxylic acids is 2. The molecule has 3 aromatic carbocycles. The van der Waals surface area contributed by atoms with Gasteiger partial charge in [-0.2, -0.15) is 0 Å². The van der Waals surface area contributed by atoms with Gasteiger partial charge in [-0.3, -0.25) is 9.59 Å². The molecule has 0 aliphatic rings. The van der Waals surface area contributed by atoms with E-state index in [0.717, 1.165) is 4.47 Å². The third kappa shape index (κ3) is 4.27. The lowest BCUT2D eigenvalue weighted by molar-refractivity contribution is 0.103. The topological polar surface area (TPSA) is 94.4 Å². The van der Waals surface area contributed by atoms with Crippen molar-refractivity contribution in [1.82, 2.24) is 4.98 Å². The van der Waals surface area contributed by atoms with Gasteiger partial charge >= 0.3 is 0 Å². The molecule has 0 atom stereocenters. The Morgan fingerprint density at radius 1 is 0.818 bits per heavy atom. The van der Waals surface area contributed by atoms with E-state index in [2.05, 4.69) is 20.9 Å². The van der Waals surface area contributed by atoms with Crippen molar-refractivity contribution in [3.05, 3.63) is 99.7 Å². The Kier molecular flexibility index (Phi) is 6.33. The predicted molar refractivity (Wildman–Crippen MR) is 131 cm³/mol. The highest BCUT2D eigenvalue weighted by Gasteiger charge is 2.28. The summed E-state index contributed by atoms with van der Waals surface area (Å²) < 4.78 is 11.6. The highest BCUT2D eigenvalue weighted by molar-refractivity contribution is 9.10. The van der Waals surface area contributed by atoms with Gasteiger partial charge in [-0.05, 0) is 42.0 Å². The van der Waals surface area contributed by atoms with Gasteiger partial charge in [0.05, 0.1) is 25.5 Å². The van der Waals surface area contributed by atoms with E-state index in [0.29, 0.717) is 33.8 Å². The van der Waals surface area contributed by atoms with Crippen LogP contribution in [0.5, 0.6) is 11.5 Å². The summed E-state index contributed by atoms with van der Waals surface area (Å²) in [6.07, 6.45) is 0. The van der Waals surface area contributed by atoms with Crippen LogP contribution in [0.2, 0.25) is 0 Å². The maximum Gasteiger partial charge on any atom is 0.209 e. The molecule has 0 bridgehead atoms. The zero-order valence-electron chi connectivity index (χ0n) is 18.0. The van der Waals surface area contributed by atoms with E-state index in [4.69, 9.17) is 15.2 Å². The minimum Gasteiger partial charge on any atom is -0.493 e. The molecule has 7 heteroatoms. The maximum absolute atomic E-state index is 13.5. The summed E-state index contributed by atoms with van der Waals surface area (Å²) >= 11 is 3.38. The van der Waals surface area contributed by atoms with Crippen LogP contribution in [0.25, 0.3) is 11.1 Å². The standard InChI is InChI=1S/C26H21BrN2O4/c1-32-19-13-10-17(14-20(19)33-2)21-22(24(30)16-8-11-18(27)12-9-16)26(28)29-23(21)25(31)15-6-4-3-5-7-15/h3-14,29H,28H2,1-2H3. The Morgan fingerprint density at radius 3 is 2.09 bits per heavy atom. The number of benzene rings is 3. The molecule has 0 amide bonds. The minimum atomic E-state index is -0.298. The highest BCUT2D eigenvalue weighted by atomic mass is 79.9. The van der Waals surface area contributed by atoms with Gasteiger partial charge in [-0.25, -0.2) is 0 Å². The Hall–Kier alpha value is -3.84. The second-order valence-corrected chi connectivity index (χ2v) is 8.18. The van der Waals surface area contributed by atoms with E-state index in [1.165, 1.54) is 7.11 Å². The number of H-pyrrole nitrogens is 1. The van der Waals surface area contributed by atoms with E-state index < -0.39 is 0 Å². The van der Waals surface area contributed by atoms with Gasteiger partial charge in [-0.15, -0.1) is 0 Å². The number of ketones is 2. The van der Waals surface area contributed by atoms with E-state index in [1.807, 2.05) is 6.07 Å². The first-order valence-corrected chi connectivity index (χ1v) is 10.9. The third-order valence-electron chi connectivity index (χ3n) is 5.30. The number of rotatable bonds is 7. The lowest BCUT2D eigenvalue weighted by atomic mass is 9.93. The number of aromatic nitrogens is 1. The van der Waals surface area contributed by atoms with Crippen LogP contribution in [-0.2, 0) is 0 Å². The summed E-state index contributed by atoms with van der Waals surface area (Å²) in [6, 6.07) is 21.0. The molecule has 6 nitrogen and oxygen atoms in total. The van der Waals surface area contributed by atoms with Crippen LogP contribution >= 0.6 is 15.9 Å². The summed E-state index contributed by atoms with van der Waals surface area (Å²) in [5.74, 6) is 0.540.